The number of hydrogen-bond donors (Lipinski definition) is 1. The predicted octanol–water partition coefficient (Wildman–Crippen LogP) is 4.48. The van der Waals surface area contributed by atoms with Gasteiger partial charge in [0.1, 0.15) is 11.5 Å². The topological polar surface area (TPSA) is 50.2 Å². The van der Waals surface area contributed by atoms with E-state index >= 15 is 0 Å². The van der Waals surface area contributed by atoms with E-state index in [1.165, 1.54) is 18.2 Å². The minimum absolute atomic E-state index is 0.101. The molecule has 0 unspecified atom stereocenters. The lowest BCUT2D eigenvalue weighted by Crippen LogP contribution is -2.04. The highest BCUT2D eigenvalue weighted by Crippen LogP contribution is 2.37. The Morgan fingerprint density at radius 3 is 2.35 bits per heavy atom. The van der Waals surface area contributed by atoms with Crippen LogP contribution in [-0.4, -0.2) is 16.1 Å². The van der Waals surface area contributed by atoms with Crippen LogP contribution in [0.4, 0.5) is 4.39 Å². The Kier molecular flexibility index (Phi) is 4.48. The van der Waals surface area contributed by atoms with Crippen molar-refractivity contribution in [2.24, 2.45) is 0 Å². The van der Waals surface area contributed by atoms with Crippen LogP contribution in [0.1, 0.15) is 5.69 Å². The molecule has 0 radical (unpaired) electrons. The van der Waals surface area contributed by atoms with E-state index in [2.05, 4.69) is 4.98 Å². The molecule has 1 aromatic carbocycles. The van der Waals surface area contributed by atoms with Crippen LogP contribution in [0, 0.1) is 5.82 Å². The summed E-state index contributed by atoms with van der Waals surface area (Å²) in [6.45, 7) is 0. The number of hydrogen-bond acceptors (Lipinski definition) is 2. The van der Waals surface area contributed by atoms with Crippen LogP contribution in [0.15, 0.2) is 24.3 Å². The van der Waals surface area contributed by atoms with E-state index in [0.717, 1.165) is 6.07 Å². The van der Waals surface area contributed by atoms with Gasteiger partial charge in [-0.2, -0.15) is 0 Å². The molecule has 0 aliphatic rings. The normalized spacial score (nSPS) is 10.6. The molecule has 0 saturated carbocycles. The summed E-state index contributed by atoms with van der Waals surface area (Å²) in [6.07, 6.45) is -0.323. The van der Waals surface area contributed by atoms with Crippen LogP contribution in [0.2, 0.25) is 15.1 Å². The molecule has 0 saturated heterocycles. The minimum Gasteiger partial charge on any atom is -0.481 e. The fraction of sp³-hybridized carbons (Fsp3) is 0.0769. The van der Waals surface area contributed by atoms with Crippen LogP contribution >= 0.6 is 34.8 Å². The van der Waals surface area contributed by atoms with Crippen molar-refractivity contribution in [3.8, 4) is 11.3 Å². The van der Waals surface area contributed by atoms with Crippen LogP contribution in [0.25, 0.3) is 11.3 Å². The molecule has 2 rings (SSSR count). The molecule has 0 fully saturated rings. The maximum absolute atomic E-state index is 13.9. The number of aromatic nitrogens is 1. The monoisotopic (exact) mass is 333 g/mol. The second-order valence-corrected chi connectivity index (χ2v) is 5.20. The molecule has 1 heterocycles. The Morgan fingerprint density at radius 2 is 1.80 bits per heavy atom. The van der Waals surface area contributed by atoms with Crippen molar-refractivity contribution in [3.05, 3.63) is 50.8 Å². The predicted molar refractivity (Wildman–Crippen MR) is 76.0 cm³/mol. The lowest BCUT2D eigenvalue weighted by atomic mass is 10.1. The zero-order valence-electron chi connectivity index (χ0n) is 9.83. The average Bonchev–Trinajstić information content (AvgIpc) is 2.31. The number of nitrogens with zero attached hydrogens (tertiary/aromatic N) is 1. The Morgan fingerprint density at radius 1 is 1.20 bits per heavy atom. The Bertz CT molecular complexity index is 668. The van der Waals surface area contributed by atoms with Gasteiger partial charge in [0, 0.05) is 10.6 Å². The van der Waals surface area contributed by atoms with E-state index in [0.29, 0.717) is 5.02 Å². The molecule has 104 valence electrons. The number of halogens is 4. The third kappa shape index (κ3) is 3.20. The Hall–Kier alpha value is -1.36. The molecule has 0 bridgehead atoms. The summed E-state index contributed by atoms with van der Waals surface area (Å²) in [4.78, 5) is 14.6. The SMILES string of the molecule is O=C(O)Cc1ccc(F)c(-c2c(Cl)cc(Cl)cc2Cl)n1. The van der Waals surface area contributed by atoms with Crippen molar-refractivity contribution < 1.29 is 14.3 Å². The van der Waals surface area contributed by atoms with E-state index in [1.54, 1.807) is 0 Å². The van der Waals surface area contributed by atoms with Gasteiger partial charge in [-0.1, -0.05) is 34.8 Å². The third-order valence-electron chi connectivity index (χ3n) is 2.48. The lowest BCUT2D eigenvalue weighted by Gasteiger charge is -2.09. The number of carbonyl (C=O) groups is 1. The summed E-state index contributed by atoms with van der Waals surface area (Å²) in [7, 11) is 0. The van der Waals surface area contributed by atoms with Crippen molar-refractivity contribution >= 4 is 40.8 Å². The quantitative estimate of drug-likeness (QED) is 0.900. The van der Waals surface area contributed by atoms with Crippen molar-refractivity contribution in [2.45, 2.75) is 6.42 Å². The zero-order chi connectivity index (χ0) is 14.9. The Balaban J connectivity index is 2.60. The summed E-state index contributed by atoms with van der Waals surface area (Å²) < 4.78 is 13.9. The molecule has 1 N–H and O–H groups in total. The first kappa shape index (κ1) is 15.0. The van der Waals surface area contributed by atoms with Gasteiger partial charge >= 0.3 is 5.97 Å². The van der Waals surface area contributed by atoms with Gasteiger partial charge in [-0.3, -0.25) is 4.79 Å². The van der Waals surface area contributed by atoms with Gasteiger partial charge in [0.2, 0.25) is 0 Å². The van der Waals surface area contributed by atoms with Gasteiger partial charge in [-0.25, -0.2) is 9.37 Å². The van der Waals surface area contributed by atoms with Crippen molar-refractivity contribution in [1.29, 1.82) is 0 Å². The molecule has 0 aliphatic heterocycles. The van der Waals surface area contributed by atoms with Crippen LogP contribution < -0.4 is 0 Å². The molecular weight excluding hydrogens is 328 g/mol. The number of aliphatic carboxylic acids is 1. The van der Waals surface area contributed by atoms with Gasteiger partial charge in [0.25, 0.3) is 0 Å². The zero-order valence-corrected chi connectivity index (χ0v) is 12.1. The standard InChI is InChI=1S/C13H7Cl3FNO2/c14-6-3-8(15)12(9(16)4-6)13-10(17)2-1-7(18-13)5-11(19)20/h1-4H,5H2,(H,19,20). The number of carboxylic acids is 1. The van der Waals surface area contributed by atoms with Gasteiger partial charge < -0.3 is 5.11 Å². The largest absolute Gasteiger partial charge is 0.481 e. The summed E-state index contributed by atoms with van der Waals surface area (Å²) in [5.74, 6) is -1.71. The number of pyridine rings is 1. The summed E-state index contributed by atoms with van der Waals surface area (Å²) in [6, 6.07) is 5.25. The molecule has 7 heteroatoms. The number of rotatable bonds is 3. The van der Waals surface area contributed by atoms with E-state index in [4.69, 9.17) is 39.9 Å². The van der Waals surface area contributed by atoms with E-state index < -0.39 is 11.8 Å². The highest BCUT2D eigenvalue weighted by atomic mass is 35.5. The van der Waals surface area contributed by atoms with Gasteiger partial charge in [-0.15, -0.1) is 0 Å². The van der Waals surface area contributed by atoms with E-state index in [-0.39, 0.29) is 33.4 Å². The number of benzene rings is 1. The molecule has 0 atom stereocenters. The highest BCUT2D eigenvalue weighted by molar-refractivity contribution is 6.41. The van der Waals surface area contributed by atoms with Gasteiger partial charge in [0.15, 0.2) is 0 Å². The average molecular weight is 335 g/mol. The number of carboxylic acid groups (broad SMARTS) is 1. The van der Waals surface area contributed by atoms with Crippen molar-refractivity contribution in [3.63, 3.8) is 0 Å². The maximum atomic E-state index is 13.9. The first-order valence-corrected chi connectivity index (χ1v) is 6.54. The van der Waals surface area contributed by atoms with E-state index in [1.807, 2.05) is 0 Å². The third-order valence-corrected chi connectivity index (χ3v) is 3.29. The molecule has 0 aliphatic carbocycles. The van der Waals surface area contributed by atoms with Crippen LogP contribution in [0.5, 0.6) is 0 Å². The second kappa shape index (κ2) is 5.95. The van der Waals surface area contributed by atoms with Crippen molar-refractivity contribution in [1.82, 2.24) is 4.98 Å². The fourth-order valence-electron chi connectivity index (χ4n) is 1.68. The molecule has 3 nitrogen and oxygen atoms in total. The summed E-state index contributed by atoms with van der Waals surface area (Å²) >= 11 is 17.8. The summed E-state index contributed by atoms with van der Waals surface area (Å²) in [5, 5.41) is 9.33. The molecule has 2 aromatic rings. The molecule has 1 aromatic heterocycles. The lowest BCUT2D eigenvalue weighted by molar-refractivity contribution is -0.136. The molecule has 0 amide bonds. The van der Waals surface area contributed by atoms with Crippen molar-refractivity contribution in [2.75, 3.05) is 0 Å². The molecular formula is C13H7Cl3FNO2. The van der Waals surface area contributed by atoms with Gasteiger partial charge in [0.05, 0.1) is 22.2 Å². The second-order valence-electron chi connectivity index (χ2n) is 3.95. The molecule has 20 heavy (non-hydrogen) atoms. The first-order chi connectivity index (χ1) is 9.38. The Labute approximate surface area is 128 Å². The fourth-order valence-corrected chi connectivity index (χ4v) is 2.68. The van der Waals surface area contributed by atoms with Gasteiger partial charge in [-0.05, 0) is 24.3 Å². The maximum Gasteiger partial charge on any atom is 0.309 e. The summed E-state index contributed by atoms with van der Waals surface area (Å²) in [5.41, 5.74) is 0.286. The molecule has 0 spiro atoms. The van der Waals surface area contributed by atoms with Crippen LogP contribution in [0.3, 0.4) is 0 Å². The first-order valence-electron chi connectivity index (χ1n) is 5.40. The van der Waals surface area contributed by atoms with E-state index in [9.17, 15) is 9.18 Å². The smallest absolute Gasteiger partial charge is 0.309 e. The minimum atomic E-state index is -1.07. The van der Waals surface area contributed by atoms with Crippen LogP contribution in [-0.2, 0) is 11.2 Å². The highest BCUT2D eigenvalue weighted by Gasteiger charge is 2.17.